The fourth-order valence-corrected chi connectivity index (χ4v) is 3.32. The van der Waals surface area contributed by atoms with Gasteiger partial charge in [-0.3, -0.25) is 4.79 Å². The van der Waals surface area contributed by atoms with Crippen LogP contribution in [0.5, 0.6) is 0 Å². The van der Waals surface area contributed by atoms with Gasteiger partial charge in [0.05, 0.1) is 0 Å². The fraction of sp³-hybridized carbons (Fsp3) is 0.533. The smallest absolute Gasteiger partial charge is 0.156 e. The van der Waals surface area contributed by atoms with Crippen molar-refractivity contribution < 1.29 is 4.79 Å². The van der Waals surface area contributed by atoms with Gasteiger partial charge < -0.3 is 0 Å². The molecule has 0 spiro atoms. The summed E-state index contributed by atoms with van der Waals surface area (Å²) in [7, 11) is 0. The van der Waals surface area contributed by atoms with Crippen molar-refractivity contribution >= 4 is 5.78 Å². The lowest BCUT2D eigenvalue weighted by Gasteiger charge is -2.40. The molecule has 0 aromatic rings. The molecule has 0 saturated heterocycles. The molecule has 0 saturated carbocycles. The standard InChI is InChI=1S/C15H20O/c1-9(2)14-6-5-12-8-13(16)7-10(3)15(12)11(14)4/h5-6,8,10-11,14-15H,1,7H2,2-4H3. The molecule has 4 atom stereocenters. The normalized spacial score (nSPS) is 37.9. The number of hydrogen-bond donors (Lipinski definition) is 0. The van der Waals surface area contributed by atoms with Crippen molar-refractivity contribution in [3.8, 4) is 0 Å². The van der Waals surface area contributed by atoms with E-state index in [0.29, 0.717) is 30.1 Å². The number of carbonyl (C=O) groups excluding carboxylic acids is 1. The van der Waals surface area contributed by atoms with Crippen LogP contribution >= 0.6 is 0 Å². The maximum atomic E-state index is 11.5. The summed E-state index contributed by atoms with van der Waals surface area (Å²) < 4.78 is 0. The Morgan fingerprint density at radius 3 is 2.75 bits per heavy atom. The van der Waals surface area contributed by atoms with Crippen molar-refractivity contribution in [1.82, 2.24) is 0 Å². The summed E-state index contributed by atoms with van der Waals surface area (Å²) in [5.74, 6) is 2.32. The molecule has 0 fully saturated rings. The van der Waals surface area contributed by atoms with E-state index in [9.17, 15) is 4.79 Å². The van der Waals surface area contributed by atoms with Gasteiger partial charge >= 0.3 is 0 Å². The van der Waals surface area contributed by atoms with E-state index in [2.05, 4.69) is 39.5 Å². The molecule has 1 nitrogen and oxygen atoms in total. The van der Waals surface area contributed by atoms with Crippen LogP contribution < -0.4 is 0 Å². The molecule has 0 aliphatic heterocycles. The quantitative estimate of drug-likeness (QED) is 0.613. The molecule has 86 valence electrons. The Balaban J connectivity index is 2.38. The average Bonchev–Trinajstić information content (AvgIpc) is 2.15. The summed E-state index contributed by atoms with van der Waals surface area (Å²) in [4.78, 5) is 11.5. The van der Waals surface area contributed by atoms with Gasteiger partial charge in [-0.05, 0) is 36.3 Å². The predicted octanol–water partition coefficient (Wildman–Crippen LogP) is 3.54. The van der Waals surface area contributed by atoms with Crippen molar-refractivity contribution in [3.63, 3.8) is 0 Å². The van der Waals surface area contributed by atoms with Crippen LogP contribution in [-0.2, 0) is 4.79 Å². The van der Waals surface area contributed by atoms with Crippen LogP contribution in [0.3, 0.4) is 0 Å². The minimum absolute atomic E-state index is 0.282. The molecule has 0 heterocycles. The number of fused-ring (bicyclic) bond motifs is 1. The SMILES string of the molecule is C=C(C)C1C=CC2=CC(=O)CC(C)C2C1C. The van der Waals surface area contributed by atoms with Gasteiger partial charge in [-0.25, -0.2) is 0 Å². The highest BCUT2D eigenvalue weighted by atomic mass is 16.1. The maximum Gasteiger partial charge on any atom is 0.156 e. The van der Waals surface area contributed by atoms with Crippen molar-refractivity contribution in [2.24, 2.45) is 23.7 Å². The molecule has 0 aromatic heterocycles. The zero-order valence-corrected chi connectivity index (χ0v) is 10.4. The van der Waals surface area contributed by atoms with Crippen LogP contribution in [-0.4, -0.2) is 5.78 Å². The van der Waals surface area contributed by atoms with Gasteiger partial charge in [0.1, 0.15) is 0 Å². The molecule has 4 unspecified atom stereocenters. The monoisotopic (exact) mass is 216 g/mol. The van der Waals surface area contributed by atoms with E-state index in [4.69, 9.17) is 0 Å². The first-order chi connectivity index (χ1) is 7.50. The van der Waals surface area contributed by atoms with E-state index in [0.717, 1.165) is 0 Å². The molecule has 0 N–H and O–H groups in total. The number of rotatable bonds is 1. The molecular weight excluding hydrogens is 196 g/mol. The molecule has 2 aliphatic rings. The molecule has 0 aromatic carbocycles. The molecule has 0 amide bonds. The largest absolute Gasteiger partial charge is 0.295 e. The van der Waals surface area contributed by atoms with E-state index < -0.39 is 0 Å². The summed E-state index contributed by atoms with van der Waals surface area (Å²) >= 11 is 0. The van der Waals surface area contributed by atoms with Crippen molar-refractivity contribution in [2.75, 3.05) is 0 Å². The van der Waals surface area contributed by atoms with Gasteiger partial charge in [-0.2, -0.15) is 0 Å². The minimum atomic E-state index is 0.282. The third kappa shape index (κ3) is 1.79. The van der Waals surface area contributed by atoms with E-state index >= 15 is 0 Å². The zero-order chi connectivity index (χ0) is 11.9. The Morgan fingerprint density at radius 1 is 1.44 bits per heavy atom. The first-order valence-electron chi connectivity index (χ1n) is 6.08. The Hall–Kier alpha value is -1.11. The third-order valence-corrected chi connectivity index (χ3v) is 4.05. The van der Waals surface area contributed by atoms with Gasteiger partial charge in [0.2, 0.25) is 0 Å². The number of ketones is 1. The first-order valence-corrected chi connectivity index (χ1v) is 6.08. The Bertz CT molecular complexity index is 386. The number of allylic oxidation sites excluding steroid dienone is 5. The summed E-state index contributed by atoms with van der Waals surface area (Å²) in [5, 5.41) is 0. The fourth-order valence-electron chi connectivity index (χ4n) is 3.32. The number of hydrogen-bond acceptors (Lipinski definition) is 1. The van der Waals surface area contributed by atoms with Crippen LogP contribution in [0.15, 0.2) is 36.0 Å². The van der Waals surface area contributed by atoms with Crippen LogP contribution in [0.1, 0.15) is 27.2 Å². The first kappa shape index (κ1) is 11.4. The third-order valence-electron chi connectivity index (χ3n) is 4.05. The van der Waals surface area contributed by atoms with Gasteiger partial charge in [0.15, 0.2) is 5.78 Å². The molecule has 2 rings (SSSR count). The van der Waals surface area contributed by atoms with Crippen molar-refractivity contribution in [1.29, 1.82) is 0 Å². The molecule has 0 radical (unpaired) electrons. The van der Waals surface area contributed by atoms with Crippen molar-refractivity contribution in [2.45, 2.75) is 27.2 Å². The lowest BCUT2D eigenvalue weighted by molar-refractivity contribution is -0.116. The van der Waals surface area contributed by atoms with Gasteiger partial charge in [0, 0.05) is 12.3 Å². The highest BCUT2D eigenvalue weighted by Gasteiger charge is 2.36. The van der Waals surface area contributed by atoms with E-state index in [1.54, 1.807) is 0 Å². The second-order valence-corrected chi connectivity index (χ2v) is 5.41. The summed E-state index contributed by atoms with van der Waals surface area (Å²) in [5.41, 5.74) is 2.46. The Kier molecular flexibility index (Phi) is 2.88. The van der Waals surface area contributed by atoms with Gasteiger partial charge in [-0.1, -0.05) is 38.2 Å². The maximum absolute atomic E-state index is 11.5. The van der Waals surface area contributed by atoms with E-state index in [1.807, 2.05) is 6.08 Å². The summed E-state index contributed by atoms with van der Waals surface area (Å²) in [6.07, 6.45) is 6.89. The molecule has 0 bridgehead atoms. The molecule has 2 aliphatic carbocycles. The van der Waals surface area contributed by atoms with Gasteiger partial charge in [0.25, 0.3) is 0 Å². The van der Waals surface area contributed by atoms with E-state index in [1.165, 1.54) is 11.1 Å². The van der Waals surface area contributed by atoms with E-state index in [-0.39, 0.29) is 5.78 Å². The zero-order valence-electron chi connectivity index (χ0n) is 10.4. The second-order valence-electron chi connectivity index (χ2n) is 5.41. The topological polar surface area (TPSA) is 17.1 Å². The van der Waals surface area contributed by atoms with Crippen LogP contribution in [0, 0.1) is 23.7 Å². The summed E-state index contributed by atoms with van der Waals surface area (Å²) in [6.45, 7) is 10.6. The molecular formula is C15H20O. The van der Waals surface area contributed by atoms with Crippen LogP contribution in [0.2, 0.25) is 0 Å². The van der Waals surface area contributed by atoms with Crippen LogP contribution in [0.4, 0.5) is 0 Å². The number of carbonyl (C=O) groups is 1. The van der Waals surface area contributed by atoms with Crippen molar-refractivity contribution in [3.05, 3.63) is 36.0 Å². The predicted molar refractivity (Wildman–Crippen MR) is 67.0 cm³/mol. The highest BCUT2D eigenvalue weighted by molar-refractivity contribution is 5.92. The summed E-state index contributed by atoms with van der Waals surface area (Å²) in [6, 6.07) is 0. The average molecular weight is 216 g/mol. The highest BCUT2D eigenvalue weighted by Crippen LogP contribution is 2.43. The Morgan fingerprint density at radius 2 is 2.12 bits per heavy atom. The molecule has 1 heteroatoms. The lowest BCUT2D eigenvalue weighted by atomic mass is 9.64. The molecule has 16 heavy (non-hydrogen) atoms. The lowest BCUT2D eigenvalue weighted by Crippen LogP contribution is -2.33. The Labute approximate surface area is 97.9 Å². The van der Waals surface area contributed by atoms with Gasteiger partial charge in [-0.15, -0.1) is 0 Å². The second kappa shape index (κ2) is 4.04. The minimum Gasteiger partial charge on any atom is -0.295 e. The van der Waals surface area contributed by atoms with Crippen LogP contribution in [0.25, 0.3) is 0 Å².